The third-order valence-electron chi connectivity index (χ3n) is 3.54. The molecule has 1 saturated carbocycles. The van der Waals surface area contributed by atoms with Crippen molar-refractivity contribution < 1.29 is 0 Å². The first-order valence-electron chi connectivity index (χ1n) is 5.82. The Morgan fingerprint density at radius 3 is 2.94 bits per heavy atom. The Morgan fingerprint density at radius 2 is 2.31 bits per heavy atom. The van der Waals surface area contributed by atoms with Crippen LogP contribution >= 0.6 is 0 Å². The molecule has 0 aliphatic heterocycles. The van der Waals surface area contributed by atoms with Gasteiger partial charge in [0, 0.05) is 24.7 Å². The molecule has 0 amide bonds. The van der Waals surface area contributed by atoms with Crippen molar-refractivity contribution >= 4 is 11.2 Å². The second kappa shape index (κ2) is 3.28. The molecule has 0 saturated heterocycles. The van der Waals surface area contributed by atoms with E-state index in [1.807, 2.05) is 18.3 Å². The van der Waals surface area contributed by atoms with Gasteiger partial charge in [0.15, 0.2) is 5.65 Å². The van der Waals surface area contributed by atoms with Gasteiger partial charge in [-0.3, -0.25) is 0 Å². The molecule has 0 radical (unpaired) electrons. The van der Waals surface area contributed by atoms with Crippen molar-refractivity contribution in [3.05, 3.63) is 24.2 Å². The monoisotopic (exact) mass is 216 g/mol. The predicted octanol–water partition coefficient (Wildman–Crippen LogP) is 1.44. The quantitative estimate of drug-likeness (QED) is 0.844. The summed E-state index contributed by atoms with van der Waals surface area (Å²) < 4.78 is 2.20. The van der Waals surface area contributed by atoms with E-state index < -0.39 is 0 Å². The number of imidazole rings is 1. The fourth-order valence-electron chi connectivity index (χ4n) is 2.33. The number of hydrogen-bond acceptors (Lipinski definition) is 3. The SMILES string of the molecule is CCn1c(C2(CN)CC2)nc2cccnc21. The number of hydrogen-bond donors (Lipinski definition) is 1. The fourth-order valence-corrected chi connectivity index (χ4v) is 2.33. The van der Waals surface area contributed by atoms with Gasteiger partial charge in [0.25, 0.3) is 0 Å². The van der Waals surface area contributed by atoms with E-state index in [1.165, 1.54) is 0 Å². The van der Waals surface area contributed by atoms with Crippen molar-refractivity contribution in [2.45, 2.75) is 31.7 Å². The molecule has 4 heteroatoms. The highest BCUT2D eigenvalue weighted by atomic mass is 15.1. The molecule has 1 fully saturated rings. The van der Waals surface area contributed by atoms with Crippen LogP contribution in [0.1, 0.15) is 25.6 Å². The van der Waals surface area contributed by atoms with Gasteiger partial charge in [-0.1, -0.05) is 0 Å². The normalized spacial score (nSPS) is 17.9. The Kier molecular flexibility index (Phi) is 2.01. The van der Waals surface area contributed by atoms with E-state index in [0.29, 0.717) is 6.54 Å². The molecular weight excluding hydrogens is 200 g/mol. The molecule has 16 heavy (non-hydrogen) atoms. The van der Waals surface area contributed by atoms with Gasteiger partial charge in [0.2, 0.25) is 0 Å². The van der Waals surface area contributed by atoms with Gasteiger partial charge < -0.3 is 10.3 Å². The van der Waals surface area contributed by atoms with Crippen LogP contribution in [0.3, 0.4) is 0 Å². The van der Waals surface area contributed by atoms with Crippen LogP contribution < -0.4 is 5.73 Å². The van der Waals surface area contributed by atoms with Gasteiger partial charge in [0.1, 0.15) is 11.3 Å². The van der Waals surface area contributed by atoms with Gasteiger partial charge in [-0.05, 0) is 31.9 Å². The minimum atomic E-state index is 0.136. The number of fused-ring (bicyclic) bond motifs is 1. The summed E-state index contributed by atoms with van der Waals surface area (Å²) in [6, 6.07) is 3.95. The number of nitrogens with two attached hydrogens (primary N) is 1. The minimum absolute atomic E-state index is 0.136. The molecule has 1 aliphatic carbocycles. The zero-order chi connectivity index (χ0) is 11.2. The molecule has 2 heterocycles. The van der Waals surface area contributed by atoms with Crippen molar-refractivity contribution in [1.29, 1.82) is 0 Å². The molecule has 2 aromatic rings. The van der Waals surface area contributed by atoms with Gasteiger partial charge >= 0.3 is 0 Å². The largest absolute Gasteiger partial charge is 0.329 e. The van der Waals surface area contributed by atoms with Crippen molar-refractivity contribution in [3.8, 4) is 0 Å². The van der Waals surface area contributed by atoms with Crippen LogP contribution in [0, 0.1) is 0 Å². The molecule has 1 aliphatic rings. The summed E-state index contributed by atoms with van der Waals surface area (Å²) in [7, 11) is 0. The van der Waals surface area contributed by atoms with E-state index >= 15 is 0 Å². The first-order valence-corrected chi connectivity index (χ1v) is 5.82. The van der Waals surface area contributed by atoms with Gasteiger partial charge in [-0.15, -0.1) is 0 Å². The maximum absolute atomic E-state index is 5.87. The molecule has 0 aromatic carbocycles. The number of pyridine rings is 1. The topological polar surface area (TPSA) is 56.7 Å². The Hall–Kier alpha value is -1.42. The van der Waals surface area contributed by atoms with Crippen LogP contribution in [0.15, 0.2) is 18.3 Å². The standard InChI is InChI=1S/C12H16N4/c1-2-16-10-9(4-3-7-14-10)15-11(16)12(8-13)5-6-12/h3-4,7H,2,5-6,8,13H2,1H3. The van der Waals surface area contributed by atoms with Crippen LogP contribution in [-0.2, 0) is 12.0 Å². The lowest BCUT2D eigenvalue weighted by atomic mass is 10.1. The van der Waals surface area contributed by atoms with Crippen LogP contribution in [-0.4, -0.2) is 21.1 Å². The predicted molar refractivity (Wildman–Crippen MR) is 63.2 cm³/mol. The summed E-state index contributed by atoms with van der Waals surface area (Å²) in [5.74, 6) is 1.13. The lowest BCUT2D eigenvalue weighted by Crippen LogP contribution is -2.24. The van der Waals surface area contributed by atoms with Gasteiger partial charge in [-0.2, -0.15) is 0 Å². The number of aromatic nitrogens is 3. The Morgan fingerprint density at radius 1 is 1.50 bits per heavy atom. The minimum Gasteiger partial charge on any atom is -0.329 e. The van der Waals surface area contributed by atoms with E-state index in [1.54, 1.807) is 0 Å². The smallest absolute Gasteiger partial charge is 0.159 e. The highest BCUT2D eigenvalue weighted by Crippen LogP contribution is 2.47. The lowest BCUT2D eigenvalue weighted by Gasteiger charge is -2.13. The van der Waals surface area contributed by atoms with Crippen LogP contribution in [0.2, 0.25) is 0 Å². The van der Waals surface area contributed by atoms with Crippen LogP contribution in [0.5, 0.6) is 0 Å². The molecule has 3 rings (SSSR count). The molecule has 0 bridgehead atoms. The van der Waals surface area contributed by atoms with Crippen LogP contribution in [0.4, 0.5) is 0 Å². The first kappa shape index (κ1) is 9.78. The van der Waals surface area contributed by atoms with Crippen molar-refractivity contribution in [1.82, 2.24) is 14.5 Å². The number of nitrogens with zero attached hydrogens (tertiary/aromatic N) is 3. The van der Waals surface area contributed by atoms with Crippen molar-refractivity contribution in [2.24, 2.45) is 5.73 Å². The van der Waals surface area contributed by atoms with Gasteiger partial charge in [-0.25, -0.2) is 9.97 Å². The van der Waals surface area contributed by atoms with E-state index in [4.69, 9.17) is 10.7 Å². The van der Waals surface area contributed by atoms with Crippen molar-refractivity contribution in [2.75, 3.05) is 6.54 Å². The Labute approximate surface area is 94.5 Å². The first-order chi connectivity index (χ1) is 7.80. The summed E-state index contributed by atoms with van der Waals surface area (Å²) in [4.78, 5) is 9.12. The average molecular weight is 216 g/mol. The summed E-state index contributed by atoms with van der Waals surface area (Å²) in [6.07, 6.45) is 4.14. The third-order valence-corrected chi connectivity index (χ3v) is 3.54. The third kappa shape index (κ3) is 1.19. The average Bonchev–Trinajstić information content (AvgIpc) is 3.04. The summed E-state index contributed by atoms with van der Waals surface area (Å²) in [5.41, 5.74) is 7.98. The van der Waals surface area contributed by atoms with E-state index in [2.05, 4.69) is 16.5 Å². The number of aryl methyl sites for hydroxylation is 1. The number of rotatable bonds is 3. The fraction of sp³-hybridized carbons (Fsp3) is 0.500. The maximum Gasteiger partial charge on any atom is 0.159 e. The maximum atomic E-state index is 5.87. The van der Waals surface area contributed by atoms with Crippen LogP contribution in [0.25, 0.3) is 11.2 Å². The van der Waals surface area contributed by atoms with E-state index in [9.17, 15) is 0 Å². The summed E-state index contributed by atoms with van der Waals surface area (Å²) >= 11 is 0. The molecule has 0 spiro atoms. The van der Waals surface area contributed by atoms with E-state index in [-0.39, 0.29) is 5.41 Å². The highest BCUT2D eigenvalue weighted by Gasteiger charge is 2.47. The zero-order valence-corrected chi connectivity index (χ0v) is 9.48. The Bertz CT molecular complexity index is 525. The molecule has 4 nitrogen and oxygen atoms in total. The zero-order valence-electron chi connectivity index (χ0n) is 9.48. The highest BCUT2D eigenvalue weighted by molar-refractivity contribution is 5.71. The lowest BCUT2D eigenvalue weighted by molar-refractivity contribution is 0.591. The molecule has 2 aromatic heterocycles. The Balaban J connectivity index is 2.24. The molecule has 84 valence electrons. The molecule has 0 atom stereocenters. The second-order valence-electron chi connectivity index (χ2n) is 4.51. The second-order valence-corrected chi connectivity index (χ2v) is 4.51. The van der Waals surface area contributed by atoms with Crippen molar-refractivity contribution in [3.63, 3.8) is 0 Å². The van der Waals surface area contributed by atoms with E-state index in [0.717, 1.165) is 36.4 Å². The molecular formula is C12H16N4. The molecule has 0 unspecified atom stereocenters. The van der Waals surface area contributed by atoms with Gasteiger partial charge in [0.05, 0.1) is 0 Å². The summed E-state index contributed by atoms with van der Waals surface area (Å²) in [5, 5.41) is 0. The summed E-state index contributed by atoms with van der Waals surface area (Å²) in [6.45, 7) is 3.73. The molecule has 2 N–H and O–H groups in total.